The Balaban J connectivity index is 2.83. The SMILES string of the molecule is CCCCCOc1cc(OC)ccc1/C(N)=N/O. The molecule has 0 amide bonds. The zero-order chi connectivity index (χ0) is 13.4. The highest BCUT2D eigenvalue weighted by atomic mass is 16.5. The summed E-state index contributed by atoms with van der Waals surface area (Å²) in [6, 6.07) is 5.19. The highest BCUT2D eigenvalue weighted by Gasteiger charge is 2.09. The van der Waals surface area contributed by atoms with Gasteiger partial charge in [0.1, 0.15) is 11.5 Å². The van der Waals surface area contributed by atoms with Crippen molar-refractivity contribution in [2.24, 2.45) is 10.9 Å². The predicted octanol–water partition coefficient (Wildman–Crippen LogP) is 2.36. The van der Waals surface area contributed by atoms with Gasteiger partial charge in [0.2, 0.25) is 0 Å². The topological polar surface area (TPSA) is 77.1 Å². The van der Waals surface area contributed by atoms with Gasteiger partial charge < -0.3 is 20.4 Å². The van der Waals surface area contributed by atoms with E-state index >= 15 is 0 Å². The average Bonchev–Trinajstić information content (AvgIpc) is 2.42. The molecule has 5 nitrogen and oxygen atoms in total. The maximum Gasteiger partial charge on any atom is 0.173 e. The molecule has 0 fully saturated rings. The minimum absolute atomic E-state index is 0.0307. The molecular formula is C13H20N2O3. The number of hydrogen-bond acceptors (Lipinski definition) is 4. The highest BCUT2D eigenvalue weighted by molar-refractivity contribution is 5.99. The van der Waals surface area contributed by atoms with Crippen molar-refractivity contribution in [1.29, 1.82) is 0 Å². The van der Waals surface area contributed by atoms with Crippen LogP contribution in [0.3, 0.4) is 0 Å². The van der Waals surface area contributed by atoms with E-state index in [4.69, 9.17) is 20.4 Å². The first kappa shape index (κ1) is 14.2. The third-order valence-corrected chi connectivity index (χ3v) is 2.58. The first-order valence-electron chi connectivity index (χ1n) is 6.01. The van der Waals surface area contributed by atoms with Crippen LogP contribution in [0, 0.1) is 0 Å². The van der Waals surface area contributed by atoms with Gasteiger partial charge >= 0.3 is 0 Å². The summed E-state index contributed by atoms with van der Waals surface area (Å²) < 4.78 is 10.8. The van der Waals surface area contributed by atoms with Gasteiger partial charge in [-0.25, -0.2) is 0 Å². The Bertz CT molecular complexity index is 405. The molecule has 0 aromatic heterocycles. The van der Waals surface area contributed by atoms with Crippen LogP contribution in [-0.4, -0.2) is 24.8 Å². The van der Waals surface area contributed by atoms with Gasteiger partial charge in [-0.15, -0.1) is 0 Å². The maximum absolute atomic E-state index is 8.72. The van der Waals surface area contributed by atoms with Crippen LogP contribution in [0.1, 0.15) is 31.7 Å². The molecule has 0 unspecified atom stereocenters. The van der Waals surface area contributed by atoms with Crippen LogP contribution in [0.4, 0.5) is 0 Å². The second-order valence-electron chi connectivity index (χ2n) is 3.90. The van der Waals surface area contributed by atoms with Gasteiger partial charge in [-0.2, -0.15) is 0 Å². The largest absolute Gasteiger partial charge is 0.497 e. The number of rotatable bonds is 7. The van der Waals surface area contributed by atoms with Gasteiger partial charge in [-0.1, -0.05) is 24.9 Å². The highest BCUT2D eigenvalue weighted by Crippen LogP contribution is 2.25. The number of amidine groups is 1. The van der Waals surface area contributed by atoms with Gasteiger partial charge in [-0.3, -0.25) is 0 Å². The number of methoxy groups -OCH3 is 1. The molecule has 0 atom stereocenters. The maximum atomic E-state index is 8.72. The Labute approximate surface area is 107 Å². The lowest BCUT2D eigenvalue weighted by Gasteiger charge is -2.12. The summed E-state index contributed by atoms with van der Waals surface area (Å²) in [6.07, 6.45) is 3.22. The molecule has 0 aliphatic rings. The summed E-state index contributed by atoms with van der Waals surface area (Å²) >= 11 is 0. The Morgan fingerprint density at radius 3 is 2.78 bits per heavy atom. The minimum Gasteiger partial charge on any atom is -0.497 e. The van der Waals surface area contributed by atoms with Crippen molar-refractivity contribution in [3.63, 3.8) is 0 Å². The molecule has 0 aliphatic carbocycles. The second-order valence-corrected chi connectivity index (χ2v) is 3.90. The Morgan fingerprint density at radius 1 is 1.39 bits per heavy atom. The molecule has 0 aliphatic heterocycles. The van der Waals surface area contributed by atoms with Crippen molar-refractivity contribution in [3.8, 4) is 11.5 Å². The summed E-state index contributed by atoms with van der Waals surface area (Å²) in [5.74, 6) is 1.28. The summed E-state index contributed by atoms with van der Waals surface area (Å²) in [5.41, 5.74) is 6.16. The van der Waals surface area contributed by atoms with Crippen molar-refractivity contribution < 1.29 is 14.7 Å². The lowest BCUT2D eigenvalue weighted by Crippen LogP contribution is -2.15. The first-order chi connectivity index (χ1) is 8.72. The number of oxime groups is 1. The van der Waals surface area contributed by atoms with Gasteiger partial charge in [0.15, 0.2) is 5.84 Å². The number of benzene rings is 1. The molecule has 0 heterocycles. The first-order valence-corrected chi connectivity index (χ1v) is 6.01. The normalized spacial score (nSPS) is 11.3. The molecule has 1 aromatic carbocycles. The number of hydrogen-bond donors (Lipinski definition) is 2. The van der Waals surface area contributed by atoms with E-state index in [1.165, 1.54) is 0 Å². The molecule has 5 heteroatoms. The summed E-state index contributed by atoms with van der Waals surface area (Å²) in [7, 11) is 1.58. The molecule has 0 radical (unpaired) electrons. The van der Waals surface area contributed by atoms with Crippen molar-refractivity contribution in [2.45, 2.75) is 26.2 Å². The van der Waals surface area contributed by atoms with Gasteiger partial charge in [0, 0.05) is 6.07 Å². The molecule has 0 bridgehead atoms. The van der Waals surface area contributed by atoms with Crippen LogP contribution in [0.5, 0.6) is 11.5 Å². The summed E-state index contributed by atoms with van der Waals surface area (Å²) in [6.45, 7) is 2.74. The van der Waals surface area contributed by atoms with Crippen LogP contribution in [0.15, 0.2) is 23.4 Å². The van der Waals surface area contributed by atoms with E-state index in [0.717, 1.165) is 19.3 Å². The van der Waals surface area contributed by atoms with E-state index in [1.54, 1.807) is 25.3 Å². The number of nitrogens with two attached hydrogens (primary N) is 1. The number of nitrogens with zero attached hydrogens (tertiary/aromatic N) is 1. The third kappa shape index (κ3) is 3.84. The molecule has 1 rings (SSSR count). The molecule has 1 aromatic rings. The molecule has 0 saturated carbocycles. The predicted molar refractivity (Wildman–Crippen MR) is 70.5 cm³/mol. The van der Waals surface area contributed by atoms with Gasteiger partial charge in [0.05, 0.1) is 19.3 Å². The number of unbranched alkanes of at least 4 members (excludes halogenated alkanes) is 2. The molecule has 18 heavy (non-hydrogen) atoms. The Kier molecular flexibility index (Phi) is 5.84. The standard InChI is InChI=1S/C13H20N2O3/c1-3-4-5-8-18-12-9-10(17-2)6-7-11(12)13(14)15-16/h6-7,9,16H,3-5,8H2,1-2H3,(H2,14,15). The smallest absolute Gasteiger partial charge is 0.173 e. The fourth-order valence-corrected chi connectivity index (χ4v) is 1.55. The second kappa shape index (κ2) is 7.42. The fourth-order valence-electron chi connectivity index (χ4n) is 1.55. The van der Waals surface area contributed by atoms with E-state index in [0.29, 0.717) is 23.7 Å². The van der Waals surface area contributed by atoms with E-state index in [9.17, 15) is 0 Å². The minimum atomic E-state index is 0.0307. The molecule has 0 spiro atoms. The lowest BCUT2D eigenvalue weighted by atomic mass is 10.1. The Hall–Kier alpha value is -1.91. The monoisotopic (exact) mass is 252 g/mol. The summed E-state index contributed by atoms with van der Waals surface area (Å²) in [5, 5.41) is 11.7. The fraction of sp³-hybridized carbons (Fsp3) is 0.462. The zero-order valence-electron chi connectivity index (χ0n) is 10.8. The van der Waals surface area contributed by atoms with Gasteiger partial charge in [-0.05, 0) is 18.6 Å². The van der Waals surface area contributed by atoms with E-state index < -0.39 is 0 Å². The average molecular weight is 252 g/mol. The summed E-state index contributed by atoms with van der Waals surface area (Å²) in [4.78, 5) is 0. The molecule has 0 saturated heterocycles. The van der Waals surface area contributed by atoms with Crippen LogP contribution in [-0.2, 0) is 0 Å². The van der Waals surface area contributed by atoms with Crippen LogP contribution in [0.25, 0.3) is 0 Å². The van der Waals surface area contributed by atoms with E-state index in [-0.39, 0.29) is 5.84 Å². The number of ether oxygens (including phenoxy) is 2. The van der Waals surface area contributed by atoms with Crippen molar-refractivity contribution >= 4 is 5.84 Å². The van der Waals surface area contributed by atoms with Gasteiger partial charge in [0.25, 0.3) is 0 Å². The Morgan fingerprint density at radius 2 is 2.17 bits per heavy atom. The van der Waals surface area contributed by atoms with E-state index in [2.05, 4.69) is 12.1 Å². The van der Waals surface area contributed by atoms with Crippen LogP contribution in [0.2, 0.25) is 0 Å². The van der Waals surface area contributed by atoms with Crippen molar-refractivity contribution in [3.05, 3.63) is 23.8 Å². The molecular weight excluding hydrogens is 232 g/mol. The van der Waals surface area contributed by atoms with E-state index in [1.807, 2.05) is 0 Å². The third-order valence-electron chi connectivity index (χ3n) is 2.58. The zero-order valence-corrected chi connectivity index (χ0v) is 10.8. The van der Waals surface area contributed by atoms with Crippen LogP contribution >= 0.6 is 0 Å². The molecule has 100 valence electrons. The lowest BCUT2D eigenvalue weighted by molar-refractivity contribution is 0.301. The molecule has 3 N–H and O–H groups in total. The van der Waals surface area contributed by atoms with Crippen molar-refractivity contribution in [1.82, 2.24) is 0 Å². The quantitative estimate of drug-likeness (QED) is 0.257. The van der Waals surface area contributed by atoms with Crippen LogP contribution < -0.4 is 15.2 Å². The van der Waals surface area contributed by atoms with Crippen molar-refractivity contribution in [2.75, 3.05) is 13.7 Å².